The Morgan fingerprint density at radius 3 is 2.73 bits per heavy atom. The molecule has 1 saturated carbocycles. The van der Waals surface area contributed by atoms with Crippen LogP contribution in [0.2, 0.25) is 0 Å². The Morgan fingerprint density at radius 2 is 2.09 bits per heavy atom. The maximum absolute atomic E-state index is 12.6. The van der Waals surface area contributed by atoms with Gasteiger partial charge in [-0.3, -0.25) is 9.59 Å². The molecule has 3 fully saturated rings. The molecule has 5 nitrogen and oxygen atoms in total. The van der Waals surface area contributed by atoms with Crippen LogP contribution in [-0.4, -0.2) is 48.9 Å². The van der Waals surface area contributed by atoms with E-state index in [0.717, 1.165) is 64.6 Å². The minimum atomic E-state index is -0.0289. The van der Waals surface area contributed by atoms with Gasteiger partial charge in [0.1, 0.15) is 0 Å². The minimum absolute atomic E-state index is 0.00356. The average Bonchev–Trinajstić information content (AvgIpc) is 3.16. The molecule has 0 aromatic heterocycles. The minimum Gasteiger partial charge on any atom is -0.354 e. The molecule has 2 aliphatic heterocycles. The molecule has 0 aromatic carbocycles. The van der Waals surface area contributed by atoms with Crippen LogP contribution in [-0.2, 0) is 9.59 Å². The van der Waals surface area contributed by atoms with Gasteiger partial charge in [0.15, 0.2) is 0 Å². The highest BCUT2D eigenvalue weighted by Crippen LogP contribution is 2.50. The number of rotatable bonds is 5. The molecule has 0 spiro atoms. The van der Waals surface area contributed by atoms with Crippen molar-refractivity contribution >= 4 is 11.8 Å². The van der Waals surface area contributed by atoms with Gasteiger partial charge in [0.25, 0.3) is 0 Å². The first-order chi connectivity index (χ1) is 10.6. The summed E-state index contributed by atoms with van der Waals surface area (Å²) in [6.45, 7) is 5.50. The Hall–Kier alpha value is -1.10. The lowest BCUT2D eigenvalue weighted by Gasteiger charge is -2.35. The normalized spacial score (nSPS) is 30.1. The molecule has 5 heteroatoms. The summed E-state index contributed by atoms with van der Waals surface area (Å²) < 4.78 is 0. The summed E-state index contributed by atoms with van der Waals surface area (Å²) in [6.07, 6.45) is 7.30. The van der Waals surface area contributed by atoms with Gasteiger partial charge < -0.3 is 15.5 Å². The maximum atomic E-state index is 12.6. The van der Waals surface area contributed by atoms with Gasteiger partial charge >= 0.3 is 0 Å². The summed E-state index contributed by atoms with van der Waals surface area (Å²) in [5, 5.41) is 6.31. The van der Waals surface area contributed by atoms with Crippen molar-refractivity contribution in [1.29, 1.82) is 0 Å². The van der Waals surface area contributed by atoms with Crippen LogP contribution >= 0.6 is 0 Å². The SMILES string of the molecule is CCC1(C(=O)N2CCCC(CNC(=O)C3CCCN3)C2)CC1. The van der Waals surface area contributed by atoms with Crippen LogP contribution in [0.4, 0.5) is 0 Å². The van der Waals surface area contributed by atoms with Crippen LogP contribution in [0, 0.1) is 11.3 Å². The molecule has 2 N–H and O–H groups in total. The molecular weight excluding hydrogens is 278 g/mol. The van der Waals surface area contributed by atoms with E-state index in [9.17, 15) is 9.59 Å². The summed E-state index contributed by atoms with van der Waals surface area (Å²) in [4.78, 5) is 26.8. The molecule has 2 saturated heterocycles. The number of amides is 2. The molecule has 2 heterocycles. The van der Waals surface area contributed by atoms with Crippen molar-refractivity contribution in [2.75, 3.05) is 26.2 Å². The van der Waals surface area contributed by atoms with E-state index in [2.05, 4.69) is 22.5 Å². The first-order valence-electron chi connectivity index (χ1n) is 8.95. The van der Waals surface area contributed by atoms with E-state index in [1.54, 1.807) is 0 Å². The highest BCUT2D eigenvalue weighted by atomic mass is 16.2. The Labute approximate surface area is 133 Å². The van der Waals surface area contributed by atoms with Crippen LogP contribution in [0.1, 0.15) is 51.9 Å². The predicted octanol–water partition coefficient (Wildman–Crippen LogP) is 1.28. The van der Waals surface area contributed by atoms with E-state index in [1.165, 1.54) is 0 Å². The van der Waals surface area contributed by atoms with E-state index in [4.69, 9.17) is 0 Å². The fourth-order valence-electron chi connectivity index (χ4n) is 3.90. The quantitative estimate of drug-likeness (QED) is 0.804. The molecular formula is C17H29N3O2. The third-order valence-electron chi connectivity index (χ3n) is 5.73. The molecule has 22 heavy (non-hydrogen) atoms. The number of nitrogens with one attached hydrogen (secondary N) is 2. The average molecular weight is 307 g/mol. The molecule has 124 valence electrons. The largest absolute Gasteiger partial charge is 0.354 e. The van der Waals surface area contributed by atoms with Crippen molar-refractivity contribution in [3.8, 4) is 0 Å². The molecule has 2 atom stereocenters. The predicted molar refractivity (Wildman–Crippen MR) is 85.3 cm³/mol. The number of nitrogens with zero attached hydrogens (tertiary/aromatic N) is 1. The van der Waals surface area contributed by atoms with Crippen LogP contribution in [0.25, 0.3) is 0 Å². The Morgan fingerprint density at radius 1 is 1.27 bits per heavy atom. The van der Waals surface area contributed by atoms with Crippen molar-refractivity contribution in [3.63, 3.8) is 0 Å². The third-order valence-corrected chi connectivity index (χ3v) is 5.73. The van der Waals surface area contributed by atoms with Crippen molar-refractivity contribution in [1.82, 2.24) is 15.5 Å². The lowest BCUT2D eigenvalue weighted by atomic mass is 9.94. The smallest absolute Gasteiger partial charge is 0.237 e. The van der Waals surface area contributed by atoms with Crippen molar-refractivity contribution in [2.24, 2.45) is 11.3 Å². The molecule has 0 radical (unpaired) electrons. The lowest BCUT2D eigenvalue weighted by molar-refractivity contribution is -0.139. The molecule has 2 amide bonds. The number of carbonyl (C=O) groups excluding carboxylic acids is 2. The number of hydrogen-bond donors (Lipinski definition) is 2. The van der Waals surface area contributed by atoms with Gasteiger partial charge in [-0.15, -0.1) is 0 Å². The van der Waals surface area contributed by atoms with E-state index in [0.29, 0.717) is 18.4 Å². The number of carbonyl (C=O) groups is 2. The molecule has 2 unspecified atom stereocenters. The summed E-state index contributed by atoms with van der Waals surface area (Å²) in [5.74, 6) is 0.910. The van der Waals surface area contributed by atoms with E-state index < -0.39 is 0 Å². The fraction of sp³-hybridized carbons (Fsp3) is 0.882. The van der Waals surface area contributed by atoms with Gasteiger partial charge in [-0.05, 0) is 57.4 Å². The van der Waals surface area contributed by atoms with Gasteiger partial charge in [-0.1, -0.05) is 6.92 Å². The van der Waals surface area contributed by atoms with Crippen molar-refractivity contribution in [3.05, 3.63) is 0 Å². The summed E-state index contributed by atoms with van der Waals surface area (Å²) >= 11 is 0. The lowest BCUT2D eigenvalue weighted by Crippen LogP contribution is -2.48. The van der Waals surface area contributed by atoms with Gasteiger partial charge in [-0.2, -0.15) is 0 Å². The Bertz CT molecular complexity index is 428. The van der Waals surface area contributed by atoms with Crippen molar-refractivity contribution < 1.29 is 9.59 Å². The standard InChI is InChI=1S/C17H29N3O2/c1-2-17(7-8-17)16(22)20-10-4-5-13(12-20)11-19-15(21)14-6-3-9-18-14/h13-14,18H,2-12H2,1H3,(H,19,21). The van der Waals surface area contributed by atoms with E-state index >= 15 is 0 Å². The Kier molecular flexibility index (Phi) is 4.71. The van der Waals surface area contributed by atoms with Crippen LogP contribution < -0.4 is 10.6 Å². The molecule has 3 rings (SSSR count). The molecule has 0 aromatic rings. The van der Waals surface area contributed by atoms with Crippen LogP contribution in [0.3, 0.4) is 0 Å². The first kappa shape index (κ1) is 15.8. The number of hydrogen-bond acceptors (Lipinski definition) is 3. The maximum Gasteiger partial charge on any atom is 0.237 e. The van der Waals surface area contributed by atoms with Crippen molar-refractivity contribution in [2.45, 2.75) is 57.9 Å². The third kappa shape index (κ3) is 3.29. The topological polar surface area (TPSA) is 61.4 Å². The number of likely N-dealkylation sites (tertiary alicyclic amines) is 1. The number of piperidine rings is 1. The second-order valence-corrected chi connectivity index (χ2v) is 7.29. The second kappa shape index (κ2) is 6.57. The first-order valence-corrected chi connectivity index (χ1v) is 8.95. The van der Waals surface area contributed by atoms with Crippen LogP contribution in [0.15, 0.2) is 0 Å². The summed E-state index contributed by atoms with van der Waals surface area (Å²) in [7, 11) is 0. The van der Waals surface area contributed by atoms with Gasteiger partial charge in [0.05, 0.1) is 6.04 Å². The zero-order valence-corrected chi connectivity index (χ0v) is 13.7. The molecule has 0 bridgehead atoms. The van der Waals surface area contributed by atoms with Gasteiger partial charge in [0, 0.05) is 25.0 Å². The van der Waals surface area contributed by atoms with Gasteiger partial charge in [0.2, 0.25) is 11.8 Å². The van der Waals surface area contributed by atoms with Gasteiger partial charge in [-0.25, -0.2) is 0 Å². The monoisotopic (exact) mass is 307 g/mol. The fourth-order valence-corrected chi connectivity index (χ4v) is 3.90. The highest BCUT2D eigenvalue weighted by Gasteiger charge is 2.50. The second-order valence-electron chi connectivity index (χ2n) is 7.29. The molecule has 3 aliphatic rings. The van der Waals surface area contributed by atoms with E-state index in [1.807, 2.05) is 0 Å². The zero-order valence-electron chi connectivity index (χ0n) is 13.7. The highest BCUT2D eigenvalue weighted by molar-refractivity contribution is 5.85. The molecule has 1 aliphatic carbocycles. The Balaban J connectivity index is 1.46. The summed E-state index contributed by atoms with van der Waals surface area (Å²) in [5.41, 5.74) is -0.0289. The van der Waals surface area contributed by atoms with E-state index in [-0.39, 0.29) is 17.4 Å². The zero-order chi connectivity index (χ0) is 15.6. The summed E-state index contributed by atoms with van der Waals surface area (Å²) in [6, 6.07) is -0.00356. The van der Waals surface area contributed by atoms with Crippen LogP contribution in [0.5, 0.6) is 0 Å².